The summed E-state index contributed by atoms with van der Waals surface area (Å²) in [5.74, 6) is 0. The predicted molar refractivity (Wildman–Crippen MR) is 79.2 cm³/mol. The van der Waals surface area contributed by atoms with Gasteiger partial charge in [0.1, 0.15) is 12.7 Å². The Morgan fingerprint density at radius 2 is 2.35 bits per heavy atom. The molecule has 2 aromatic rings. The Hall–Kier alpha value is -1.87. The molecule has 2 heterocycles. The van der Waals surface area contributed by atoms with Crippen LogP contribution in [0, 0.1) is 11.3 Å². The van der Waals surface area contributed by atoms with Crippen LogP contribution in [0.2, 0.25) is 0 Å². The second kappa shape index (κ2) is 5.63. The van der Waals surface area contributed by atoms with Crippen molar-refractivity contribution >= 4 is 21.6 Å². The lowest BCUT2D eigenvalue weighted by molar-refractivity contribution is 0.508. The first-order chi connectivity index (χ1) is 9.78. The summed E-state index contributed by atoms with van der Waals surface area (Å²) in [6.07, 6.45) is 5.64. The molecule has 0 spiro atoms. The maximum absolute atomic E-state index is 8.94. The Bertz CT molecular complexity index is 632. The second-order valence-electron chi connectivity index (χ2n) is 4.88. The molecule has 0 radical (unpaired) electrons. The molecular formula is C14H14BrN5. The topological polar surface area (TPSA) is 57.7 Å². The zero-order chi connectivity index (χ0) is 13.9. The fourth-order valence-electron chi connectivity index (χ4n) is 2.69. The lowest BCUT2D eigenvalue weighted by Crippen LogP contribution is -2.33. The second-order valence-corrected chi connectivity index (χ2v) is 5.74. The van der Waals surface area contributed by atoms with E-state index in [0.717, 1.165) is 29.7 Å². The first-order valence-corrected chi connectivity index (χ1v) is 7.36. The first kappa shape index (κ1) is 13.1. The van der Waals surface area contributed by atoms with Crippen LogP contribution < -0.4 is 4.90 Å². The molecule has 20 heavy (non-hydrogen) atoms. The van der Waals surface area contributed by atoms with Crippen LogP contribution in [-0.4, -0.2) is 27.4 Å². The molecule has 1 aliphatic rings. The SMILES string of the molecule is N#Cc1ccc(N2CCCC2Cn2cncn2)c(Br)c1. The maximum atomic E-state index is 8.94. The Labute approximate surface area is 126 Å². The zero-order valence-electron chi connectivity index (χ0n) is 10.9. The van der Waals surface area contributed by atoms with Crippen LogP contribution >= 0.6 is 15.9 Å². The standard InChI is InChI=1S/C14H14BrN5/c15-13-6-11(7-16)3-4-14(13)20-5-1-2-12(20)8-19-10-17-9-18-19/h3-4,6,9-10,12H,1-2,5,8H2. The molecule has 102 valence electrons. The van der Waals surface area contributed by atoms with Crippen LogP contribution in [0.3, 0.4) is 0 Å². The van der Waals surface area contributed by atoms with Crippen molar-refractivity contribution in [1.82, 2.24) is 14.8 Å². The van der Waals surface area contributed by atoms with Crippen LogP contribution in [0.15, 0.2) is 35.3 Å². The van der Waals surface area contributed by atoms with E-state index >= 15 is 0 Å². The van der Waals surface area contributed by atoms with Crippen LogP contribution in [0.25, 0.3) is 0 Å². The molecule has 3 rings (SSSR count). The number of benzene rings is 1. The molecule has 5 nitrogen and oxygen atoms in total. The molecule has 0 aliphatic carbocycles. The van der Waals surface area contributed by atoms with E-state index in [1.165, 1.54) is 6.42 Å². The molecule has 0 bridgehead atoms. The Balaban J connectivity index is 1.83. The highest BCUT2D eigenvalue weighted by atomic mass is 79.9. The normalized spacial score (nSPS) is 18.2. The van der Waals surface area contributed by atoms with Crippen LogP contribution in [0.4, 0.5) is 5.69 Å². The number of aromatic nitrogens is 3. The van der Waals surface area contributed by atoms with Crippen LogP contribution in [0.1, 0.15) is 18.4 Å². The van der Waals surface area contributed by atoms with Crippen molar-refractivity contribution in [3.05, 3.63) is 40.9 Å². The summed E-state index contributed by atoms with van der Waals surface area (Å²) in [4.78, 5) is 6.37. The number of nitriles is 1. The van der Waals surface area contributed by atoms with Gasteiger partial charge in [-0.25, -0.2) is 4.98 Å². The molecule has 1 aromatic heterocycles. The van der Waals surface area contributed by atoms with E-state index in [2.05, 4.69) is 37.0 Å². The lowest BCUT2D eigenvalue weighted by atomic mass is 10.2. The number of anilines is 1. The molecule has 1 unspecified atom stereocenters. The molecule has 1 saturated heterocycles. The average molecular weight is 332 g/mol. The van der Waals surface area contributed by atoms with Crippen molar-refractivity contribution in [2.75, 3.05) is 11.4 Å². The predicted octanol–water partition coefficient (Wildman–Crippen LogP) is 2.58. The highest BCUT2D eigenvalue weighted by Gasteiger charge is 2.26. The van der Waals surface area contributed by atoms with Crippen molar-refractivity contribution < 1.29 is 0 Å². The number of hydrogen-bond donors (Lipinski definition) is 0. The average Bonchev–Trinajstić information content (AvgIpc) is 3.11. The Kier molecular flexibility index (Phi) is 3.70. The van der Waals surface area contributed by atoms with Gasteiger partial charge in [0.2, 0.25) is 0 Å². The summed E-state index contributed by atoms with van der Waals surface area (Å²) in [6.45, 7) is 1.87. The van der Waals surface area contributed by atoms with Crippen molar-refractivity contribution in [3.63, 3.8) is 0 Å². The highest BCUT2D eigenvalue weighted by Crippen LogP contribution is 2.33. The monoisotopic (exact) mass is 331 g/mol. The minimum atomic E-state index is 0.418. The van der Waals surface area contributed by atoms with Crippen LogP contribution in [-0.2, 0) is 6.54 Å². The third-order valence-corrected chi connectivity index (χ3v) is 4.26. The van der Waals surface area contributed by atoms with Gasteiger partial charge in [-0.1, -0.05) is 0 Å². The lowest BCUT2D eigenvalue weighted by Gasteiger charge is -2.27. The van der Waals surface area contributed by atoms with Gasteiger partial charge < -0.3 is 4.90 Å². The summed E-state index contributed by atoms with van der Waals surface area (Å²) in [5.41, 5.74) is 1.82. The van der Waals surface area contributed by atoms with Crippen molar-refractivity contribution in [1.29, 1.82) is 5.26 Å². The largest absolute Gasteiger partial charge is 0.366 e. The number of rotatable bonds is 3. The van der Waals surface area contributed by atoms with Gasteiger partial charge in [0, 0.05) is 17.1 Å². The summed E-state index contributed by atoms with van der Waals surface area (Å²) in [7, 11) is 0. The molecule has 1 atom stereocenters. The van der Waals surface area contributed by atoms with Gasteiger partial charge in [-0.05, 0) is 47.0 Å². The van der Waals surface area contributed by atoms with Gasteiger partial charge in [-0.15, -0.1) is 0 Å². The summed E-state index contributed by atoms with van der Waals surface area (Å²) in [6, 6.07) is 8.34. The smallest absolute Gasteiger partial charge is 0.137 e. The van der Waals surface area contributed by atoms with Crippen molar-refractivity contribution in [2.24, 2.45) is 0 Å². The van der Waals surface area contributed by atoms with Gasteiger partial charge in [0.25, 0.3) is 0 Å². The first-order valence-electron chi connectivity index (χ1n) is 6.56. The van der Waals surface area contributed by atoms with Gasteiger partial charge in [0.05, 0.1) is 23.9 Å². The van der Waals surface area contributed by atoms with Gasteiger partial charge in [0.15, 0.2) is 0 Å². The van der Waals surface area contributed by atoms with Crippen LogP contribution in [0.5, 0.6) is 0 Å². The highest BCUT2D eigenvalue weighted by molar-refractivity contribution is 9.10. The molecule has 1 aromatic carbocycles. The van der Waals surface area contributed by atoms with E-state index in [1.54, 1.807) is 12.7 Å². The third-order valence-electron chi connectivity index (χ3n) is 3.63. The number of halogens is 1. The fourth-order valence-corrected chi connectivity index (χ4v) is 3.30. The van der Waals surface area contributed by atoms with E-state index in [4.69, 9.17) is 5.26 Å². The number of hydrogen-bond acceptors (Lipinski definition) is 4. The molecular weight excluding hydrogens is 318 g/mol. The minimum Gasteiger partial charge on any atom is -0.366 e. The molecule has 1 aliphatic heterocycles. The Morgan fingerprint density at radius 3 is 3.05 bits per heavy atom. The van der Waals surface area contributed by atoms with E-state index in [-0.39, 0.29) is 0 Å². The van der Waals surface area contributed by atoms with Gasteiger partial charge >= 0.3 is 0 Å². The molecule has 1 fully saturated rings. The number of nitrogens with zero attached hydrogens (tertiary/aromatic N) is 5. The van der Waals surface area contributed by atoms with E-state index in [9.17, 15) is 0 Å². The minimum absolute atomic E-state index is 0.418. The molecule has 6 heteroatoms. The quantitative estimate of drug-likeness (QED) is 0.867. The van der Waals surface area contributed by atoms with Gasteiger partial charge in [-0.2, -0.15) is 10.4 Å². The summed E-state index contributed by atoms with van der Waals surface area (Å²) >= 11 is 3.58. The van der Waals surface area contributed by atoms with E-state index in [0.29, 0.717) is 11.6 Å². The molecule has 0 saturated carbocycles. The van der Waals surface area contributed by atoms with Crippen molar-refractivity contribution in [3.8, 4) is 6.07 Å². The molecule has 0 amide bonds. The van der Waals surface area contributed by atoms with E-state index in [1.807, 2.05) is 22.9 Å². The zero-order valence-corrected chi connectivity index (χ0v) is 12.5. The summed E-state index contributed by atoms with van der Waals surface area (Å²) < 4.78 is 2.85. The van der Waals surface area contributed by atoms with E-state index < -0.39 is 0 Å². The maximum Gasteiger partial charge on any atom is 0.137 e. The van der Waals surface area contributed by atoms with Gasteiger partial charge in [-0.3, -0.25) is 4.68 Å². The Morgan fingerprint density at radius 1 is 1.45 bits per heavy atom. The third kappa shape index (κ3) is 2.54. The fraction of sp³-hybridized carbons (Fsp3) is 0.357. The van der Waals surface area contributed by atoms with Crippen molar-refractivity contribution in [2.45, 2.75) is 25.4 Å². The molecule has 0 N–H and O–H groups in total. The summed E-state index contributed by atoms with van der Waals surface area (Å²) in [5, 5.41) is 13.1.